The van der Waals surface area contributed by atoms with E-state index in [4.69, 9.17) is 23.5 Å². The van der Waals surface area contributed by atoms with Crippen LogP contribution in [0.4, 0.5) is 4.79 Å². The monoisotopic (exact) mass is 447 g/mol. The second-order valence-electron chi connectivity index (χ2n) is 10.6. The van der Waals surface area contributed by atoms with E-state index in [1.807, 2.05) is 66.7 Å². The molecule has 2 heterocycles. The van der Waals surface area contributed by atoms with Crippen LogP contribution in [0.1, 0.15) is 66.9 Å². The van der Waals surface area contributed by atoms with Crippen molar-refractivity contribution in [1.82, 2.24) is 4.90 Å². The average molecular weight is 447 g/mol. The number of hydrogen-bond acceptors (Lipinski definition) is 6. The van der Waals surface area contributed by atoms with Crippen molar-refractivity contribution in [2.75, 3.05) is 20.3 Å². The maximum atomic E-state index is 13.1. The highest BCUT2D eigenvalue weighted by atomic mass is 16.7. The van der Waals surface area contributed by atoms with Gasteiger partial charge in [-0.15, -0.1) is 0 Å². The van der Waals surface area contributed by atoms with E-state index in [0.717, 1.165) is 23.9 Å². The molecule has 0 bridgehead atoms. The van der Waals surface area contributed by atoms with E-state index in [2.05, 4.69) is 0 Å². The Morgan fingerprint density at radius 2 is 1.72 bits per heavy atom. The van der Waals surface area contributed by atoms with Crippen LogP contribution < -0.4 is 10.2 Å². The van der Waals surface area contributed by atoms with E-state index >= 15 is 0 Å². The Bertz CT molecular complexity index is 797. The van der Waals surface area contributed by atoms with Gasteiger partial charge in [-0.05, 0) is 72.8 Å². The smallest absolute Gasteiger partial charge is 0.494 e. The Morgan fingerprint density at radius 1 is 1.12 bits per heavy atom. The van der Waals surface area contributed by atoms with Crippen LogP contribution in [0.25, 0.3) is 0 Å². The molecule has 1 aromatic rings. The Balaban J connectivity index is 1.84. The highest BCUT2D eigenvalue weighted by Crippen LogP contribution is 2.37. The van der Waals surface area contributed by atoms with Crippen LogP contribution >= 0.6 is 0 Å². The van der Waals surface area contributed by atoms with Crippen molar-refractivity contribution >= 4 is 18.7 Å². The lowest BCUT2D eigenvalue weighted by molar-refractivity contribution is -0.00822. The number of carbonyl (C=O) groups is 1. The van der Waals surface area contributed by atoms with Crippen LogP contribution in [-0.2, 0) is 25.3 Å². The summed E-state index contributed by atoms with van der Waals surface area (Å²) < 4.78 is 29.3. The van der Waals surface area contributed by atoms with Crippen LogP contribution in [-0.4, -0.2) is 61.3 Å². The van der Waals surface area contributed by atoms with Crippen molar-refractivity contribution in [2.24, 2.45) is 0 Å². The summed E-state index contributed by atoms with van der Waals surface area (Å²) in [6, 6.07) is 5.97. The Morgan fingerprint density at radius 3 is 2.25 bits per heavy atom. The fourth-order valence-electron chi connectivity index (χ4n) is 3.86. The molecule has 7 nitrogen and oxygen atoms in total. The lowest BCUT2D eigenvalue weighted by Crippen LogP contribution is -2.45. The highest BCUT2D eigenvalue weighted by molar-refractivity contribution is 6.62. The van der Waals surface area contributed by atoms with Crippen LogP contribution in [0.3, 0.4) is 0 Å². The third-order valence-corrected chi connectivity index (χ3v) is 6.44. The van der Waals surface area contributed by atoms with Crippen LogP contribution in [0.2, 0.25) is 0 Å². The van der Waals surface area contributed by atoms with Gasteiger partial charge in [0.25, 0.3) is 0 Å². The van der Waals surface area contributed by atoms with E-state index in [1.165, 1.54) is 0 Å². The molecule has 3 rings (SSSR count). The SMILES string of the molecule is COc1cc(B2OC(C)(C)C(C)(C)O2)ccc1CN(C(=O)OC(C)(C)C)C1CCOCC1. The summed E-state index contributed by atoms with van der Waals surface area (Å²) in [5.74, 6) is 0.692. The molecule has 2 saturated heterocycles. The molecule has 0 spiro atoms. The van der Waals surface area contributed by atoms with Gasteiger partial charge in [-0.1, -0.05) is 12.1 Å². The molecule has 0 N–H and O–H groups in total. The molecular weight excluding hydrogens is 409 g/mol. The normalized spacial score (nSPS) is 20.8. The van der Waals surface area contributed by atoms with Crippen molar-refractivity contribution < 1.29 is 28.3 Å². The second kappa shape index (κ2) is 9.24. The van der Waals surface area contributed by atoms with Crippen molar-refractivity contribution in [3.05, 3.63) is 23.8 Å². The number of carbonyl (C=O) groups excluding carboxylic acids is 1. The molecule has 0 aliphatic carbocycles. The topological polar surface area (TPSA) is 66.5 Å². The zero-order valence-electron chi connectivity index (χ0n) is 20.8. The summed E-state index contributed by atoms with van der Waals surface area (Å²) in [6.45, 7) is 15.5. The lowest BCUT2D eigenvalue weighted by Gasteiger charge is -2.35. The van der Waals surface area contributed by atoms with Gasteiger partial charge in [0.1, 0.15) is 11.4 Å². The Hall–Kier alpha value is -1.77. The maximum absolute atomic E-state index is 13.1. The fraction of sp³-hybridized carbons (Fsp3) is 0.708. The van der Waals surface area contributed by atoms with Crippen molar-refractivity contribution in [3.8, 4) is 5.75 Å². The van der Waals surface area contributed by atoms with Crippen LogP contribution in [0.5, 0.6) is 5.75 Å². The second-order valence-corrected chi connectivity index (χ2v) is 10.6. The molecule has 2 aliphatic rings. The van der Waals surface area contributed by atoms with Crippen molar-refractivity contribution in [2.45, 2.75) is 90.7 Å². The average Bonchev–Trinajstić information content (AvgIpc) is 2.92. The molecule has 0 atom stereocenters. The van der Waals surface area contributed by atoms with E-state index < -0.39 is 23.9 Å². The van der Waals surface area contributed by atoms with Crippen molar-refractivity contribution in [3.63, 3.8) is 0 Å². The quantitative estimate of drug-likeness (QED) is 0.638. The summed E-state index contributed by atoms with van der Waals surface area (Å²) in [6.07, 6.45) is 1.25. The first-order chi connectivity index (χ1) is 14.8. The van der Waals surface area contributed by atoms with Gasteiger partial charge in [-0.2, -0.15) is 0 Å². The molecule has 0 radical (unpaired) electrons. The van der Waals surface area contributed by atoms with Crippen molar-refractivity contribution in [1.29, 1.82) is 0 Å². The Kier molecular flexibility index (Phi) is 7.18. The van der Waals surface area contributed by atoms with E-state index in [1.54, 1.807) is 12.0 Å². The zero-order chi connectivity index (χ0) is 23.7. The highest BCUT2D eigenvalue weighted by Gasteiger charge is 2.51. The number of ether oxygens (including phenoxy) is 3. The van der Waals surface area contributed by atoms with Gasteiger partial charge in [0.15, 0.2) is 0 Å². The number of nitrogens with zero attached hydrogens (tertiary/aromatic N) is 1. The van der Waals surface area contributed by atoms with Gasteiger partial charge in [-0.3, -0.25) is 0 Å². The first kappa shape index (κ1) is 24.9. The molecule has 0 aromatic heterocycles. The first-order valence-electron chi connectivity index (χ1n) is 11.4. The minimum atomic E-state index is -0.564. The maximum Gasteiger partial charge on any atom is 0.494 e. The largest absolute Gasteiger partial charge is 0.496 e. The summed E-state index contributed by atoms with van der Waals surface area (Å²) in [7, 11) is 1.17. The van der Waals surface area contributed by atoms with E-state index in [9.17, 15) is 4.79 Å². The number of methoxy groups -OCH3 is 1. The van der Waals surface area contributed by atoms with Crippen LogP contribution in [0.15, 0.2) is 18.2 Å². The minimum Gasteiger partial charge on any atom is -0.496 e. The molecular formula is C24H38BNO6. The first-order valence-corrected chi connectivity index (χ1v) is 11.4. The number of amides is 1. The summed E-state index contributed by atoms with van der Waals surface area (Å²) in [4.78, 5) is 14.9. The summed E-state index contributed by atoms with van der Waals surface area (Å²) >= 11 is 0. The molecule has 0 saturated carbocycles. The number of benzene rings is 1. The Labute approximate surface area is 192 Å². The molecule has 1 aromatic carbocycles. The molecule has 32 heavy (non-hydrogen) atoms. The predicted molar refractivity (Wildman–Crippen MR) is 124 cm³/mol. The van der Waals surface area contributed by atoms with Gasteiger partial charge < -0.3 is 28.4 Å². The number of hydrogen-bond donors (Lipinski definition) is 0. The number of rotatable bonds is 5. The standard InChI is InChI=1S/C24H38BNO6/c1-22(2,3)30-21(27)26(19-11-13-29-14-12-19)16-17-9-10-18(15-20(17)28-8)25-31-23(4,5)24(6,7)32-25/h9-10,15,19H,11-14,16H2,1-8H3. The van der Waals surface area contributed by atoms with Gasteiger partial charge >= 0.3 is 13.2 Å². The zero-order valence-corrected chi connectivity index (χ0v) is 20.8. The molecule has 2 fully saturated rings. The fourth-order valence-corrected chi connectivity index (χ4v) is 3.86. The molecule has 8 heteroatoms. The van der Waals surface area contributed by atoms with Gasteiger partial charge in [0, 0.05) is 24.8 Å². The summed E-state index contributed by atoms with van der Waals surface area (Å²) in [5, 5.41) is 0. The van der Waals surface area contributed by atoms with E-state index in [-0.39, 0.29) is 12.1 Å². The van der Waals surface area contributed by atoms with Gasteiger partial charge in [0.2, 0.25) is 0 Å². The van der Waals surface area contributed by atoms with Gasteiger partial charge in [-0.25, -0.2) is 4.79 Å². The summed E-state index contributed by atoms with van der Waals surface area (Å²) in [5.41, 5.74) is 0.398. The molecule has 2 aliphatic heterocycles. The third-order valence-electron chi connectivity index (χ3n) is 6.44. The third kappa shape index (κ3) is 5.59. The van der Waals surface area contributed by atoms with Gasteiger partial charge in [0.05, 0.1) is 24.9 Å². The minimum absolute atomic E-state index is 0.0612. The van der Waals surface area contributed by atoms with E-state index in [0.29, 0.717) is 25.5 Å². The molecule has 1 amide bonds. The van der Waals surface area contributed by atoms with Crippen LogP contribution in [0, 0.1) is 0 Å². The predicted octanol–water partition coefficient (Wildman–Crippen LogP) is 3.91. The molecule has 178 valence electrons. The molecule has 0 unspecified atom stereocenters. The lowest BCUT2D eigenvalue weighted by atomic mass is 9.78.